The fraction of sp³-hybridized carbons (Fsp3) is 0.222. The molecule has 3 rings (SSSR count). The van der Waals surface area contributed by atoms with Crippen LogP contribution in [-0.4, -0.2) is 18.0 Å². The van der Waals surface area contributed by atoms with E-state index >= 15 is 0 Å². The van der Waals surface area contributed by atoms with Crippen LogP contribution in [0.15, 0.2) is 65.1 Å². The highest BCUT2D eigenvalue weighted by molar-refractivity contribution is 9.11. The summed E-state index contributed by atoms with van der Waals surface area (Å²) >= 11 is 3.76. The van der Waals surface area contributed by atoms with Gasteiger partial charge in [0, 0.05) is 24.1 Å². The van der Waals surface area contributed by atoms with E-state index in [1.807, 2.05) is 0 Å². The van der Waals surface area contributed by atoms with Gasteiger partial charge in [0.05, 0.1) is 0 Å². The van der Waals surface area contributed by atoms with Crippen LogP contribution in [0.25, 0.3) is 5.57 Å². The summed E-state index contributed by atoms with van der Waals surface area (Å²) in [5.41, 5.74) is 4.14. The molecule has 20 heavy (non-hydrogen) atoms. The molecule has 0 saturated heterocycles. The molecule has 1 nitrogen and oxygen atoms in total. The van der Waals surface area contributed by atoms with E-state index in [2.05, 4.69) is 81.5 Å². The number of hydrogen-bond donors (Lipinski definition) is 0. The fourth-order valence-electron chi connectivity index (χ4n) is 2.66. The third-order valence-electron chi connectivity index (χ3n) is 3.73. The molecule has 0 amide bonds. The highest BCUT2D eigenvalue weighted by Gasteiger charge is 2.18. The Bertz CT molecular complexity index is 589. The maximum atomic E-state index is 3.76. The number of nitrogens with zero attached hydrogens (tertiary/aromatic N) is 1. The Balaban J connectivity index is 1.76. The third-order valence-corrected chi connectivity index (χ3v) is 4.60. The van der Waals surface area contributed by atoms with E-state index in [0.29, 0.717) is 0 Å². The van der Waals surface area contributed by atoms with Gasteiger partial charge >= 0.3 is 0 Å². The molecule has 1 aliphatic rings. The zero-order chi connectivity index (χ0) is 13.8. The van der Waals surface area contributed by atoms with Crippen LogP contribution >= 0.6 is 15.9 Å². The standard InChI is InChI=1S/C18H18BrN/c19-18-11-12-20(13-15-7-3-1-4-8-15)14-17(18)16-9-5-2-6-10-16/h1-10H,11-14H2. The van der Waals surface area contributed by atoms with E-state index in [4.69, 9.17) is 0 Å². The molecule has 0 atom stereocenters. The van der Waals surface area contributed by atoms with Gasteiger partial charge in [-0.2, -0.15) is 0 Å². The Labute approximate surface area is 129 Å². The number of halogens is 1. The largest absolute Gasteiger partial charge is 0.294 e. The monoisotopic (exact) mass is 327 g/mol. The average molecular weight is 328 g/mol. The minimum atomic E-state index is 1.01. The molecule has 0 saturated carbocycles. The van der Waals surface area contributed by atoms with Crippen molar-refractivity contribution in [3.63, 3.8) is 0 Å². The SMILES string of the molecule is BrC1=C(c2ccccc2)CN(Cc2ccccc2)CC1. The van der Waals surface area contributed by atoms with Crippen LogP contribution in [0.5, 0.6) is 0 Å². The van der Waals surface area contributed by atoms with Crippen molar-refractivity contribution in [3.8, 4) is 0 Å². The van der Waals surface area contributed by atoms with Gasteiger partial charge in [0.15, 0.2) is 0 Å². The Hall–Kier alpha value is -1.38. The van der Waals surface area contributed by atoms with Gasteiger partial charge in [-0.1, -0.05) is 76.6 Å². The smallest absolute Gasteiger partial charge is 0.0251 e. The van der Waals surface area contributed by atoms with E-state index in [1.165, 1.54) is 21.2 Å². The van der Waals surface area contributed by atoms with Crippen LogP contribution in [-0.2, 0) is 6.54 Å². The number of benzene rings is 2. The summed E-state index contributed by atoms with van der Waals surface area (Å²) in [4.78, 5) is 2.52. The Morgan fingerprint density at radius 1 is 0.900 bits per heavy atom. The predicted octanol–water partition coefficient (Wildman–Crippen LogP) is 4.70. The lowest BCUT2D eigenvalue weighted by Crippen LogP contribution is -2.30. The highest BCUT2D eigenvalue weighted by atomic mass is 79.9. The summed E-state index contributed by atoms with van der Waals surface area (Å²) in [6, 6.07) is 21.4. The third kappa shape index (κ3) is 3.20. The molecule has 1 heterocycles. The lowest BCUT2D eigenvalue weighted by Gasteiger charge is -2.29. The van der Waals surface area contributed by atoms with Crippen LogP contribution in [0.1, 0.15) is 17.5 Å². The lowest BCUT2D eigenvalue weighted by atomic mass is 10.0. The van der Waals surface area contributed by atoms with E-state index in [9.17, 15) is 0 Å². The van der Waals surface area contributed by atoms with Crippen molar-refractivity contribution in [2.75, 3.05) is 13.1 Å². The first-order valence-electron chi connectivity index (χ1n) is 7.02. The zero-order valence-corrected chi connectivity index (χ0v) is 13.0. The normalized spacial score (nSPS) is 16.4. The molecule has 1 aliphatic heterocycles. The van der Waals surface area contributed by atoms with Crippen molar-refractivity contribution in [3.05, 3.63) is 76.3 Å². The summed E-state index contributed by atoms with van der Waals surface area (Å²) in [5, 5.41) is 0. The molecule has 2 heteroatoms. The van der Waals surface area contributed by atoms with Gasteiger partial charge in [0.25, 0.3) is 0 Å². The second-order valence-electron chi connectivity index (χ2n) is 5.20. The first-order valence-corrected chi connectivity index (χ1v) is 7.81. The molecule has 0 N–H and O–H groups in total. The fourth-order valence-corrected chi connectivity index (χ4v) is 3.19. The highest BCUT2D eigenvalue weighted by Crippen LogP contribution is 2.30. The minimum absolute atomic E-state index is 1.01. The number of hydrogen-bond acceptors (Lipinski definition) is 1. The summed E-state index contributed by atoms with van der Waals surface area (Å²) in [7, 11) is 0. The Morgan fingerprint density at radius 2 is 1.55 bits per heavy atom. The van der Waals surface area contributed by atoms with Gasteiger partial charge in [-0.25, -0.2) is 0 Å². The van der Waals surface area contributed by atoms with E-state index in [0.717, 1.165) is 26.1 Å². The molecule has 2 aromatic carbocycles. The summed E-state index contributed by atoms with van der Waals surface area (Å²) < 4.78 is 1.35. The molecule has 0 aliphatic carbocycles. The van der Waals surface area contributed by atoms with E-state index in [-0.39, 0.29) is 0 Å². The molecule has 0 spiro atoms. The first-order chi connectivity index (χ1) is 9.83. The quantitative estimate of drug-likeness (QED) is 0.789. The average Bonchev–Trinajstić information content (AvgIpc) is 2.51. The van der Waals surface area contributed by atoms with Gasteiger partial charge in [0.2, 0.25) is 0 Å². The van der Waals surface area contributed by atoms with Gasteiger partial charge < -0.3 is 0 Å². The molecule has 0 unspecified atom stereocenters. The Kier molecular flexibility index (Phi) is 4.34. The maximum absolute atomic E-state index is 3.76. The first kappa shape index (κ1) is 13.6. The van der Waals surface area contributed by atoms with Crippen molar-refractivity contribution in [1.29, 1.82) is 0 Å². The molecular formula is C18H18BrN. The topological polar surface area (TPSA) is 3.24 Å². The maximum Gasteiger partial charge on any atom is 0.0251 e. The van der Waals surface area contributed by atoms with Crippen molar-refractivity contribution in [2.24, 2.45) is 0 Å². The zero-order valence-electron chi connectivity index (χ0n) is 11.4. The van der Waals surface area contributed by atoms with Gasteiger partial charge in [-0.05, 0) is 23.1 Å². The second kappa shape index (κ2) is 6.38. The molecule has 0 aromatic heterocycles. The summed E-state index contributed by atoms with van der Waals surface area (Å²) in [5.74, 6) is 0. The van der Waals surface area contributed by atoms with Crippen molar-refractivity contribution >= 4 is 21.5 Å². The minimum Gasteiger partial charge on any atom is -0.294 e. The van der Waals surface area contributed by atoms with E-state index < -0.39 is 0 Å². The van der Waals surface area contributed by atoms with Crippen molar-refractivity contribution in [2.45, 2.75) is 13.0 Å². The second-order valence-corrected chi connectivity index (χ2v) is 6.15. The molecule has 0 bridgehead atoms. The van der Waals surface area contributed by atoms with Gasteiger partial charge in [-0.15, -0.1) is 0 Å². The molecule has 0 fully saturated rings. The van der Waals surface area contributed by atoms with Crippen LogP contribution in [0.3, 0.4) is 0 Å². The van der Waals surface area contributed by atoms with Crippen LogP contribution in [0, 0.1) is 0 Å². The number of rotatable bonds is 3. The van der Waals surface area contributed by atoms with Crippen LogP contribution in [0.2, 0.25) is 0 Å². The van der Waals surface area contributed by atoms with Gasteiger partial charge in [0.1, 0.15) is 0 Å². The van der Waals surface area contributed by atoms with Gasteiger partial charge in [-0.3, -0.25) is 4.90 Å². The molecular weight excluding hydrogens is 310 g/mol. The lowest BCUT2D eigenvalue weighted by molar-refractivity contribution is 0.295. The predicted molar refractivity (Wildman–Crippen MR) is 88.6 cm³/mol. The summed E-state index contributed by atoms with van der Waals surface area (Å²) in [6.07, 6.45) is 1.09. The van der Waals surface area contributed by atoms with Crippen molar-refractivity contribution < 1.29 is 0 Å². The Morgan fingerprint density at radius 3 is 2.25 bits per heavy atom. The van der Waals surface area contributed by atoms with Crippen molar-refractivity contribution in [1.82, 2.24) is 4.90 Å². The molecule has 102 valence electrons. The molecule has 2 aromatic rings. The summed E-state index contributed by atoms with van der Waals surface area (Å²) in [6.45, 7) is 3.16. The van der Waals surface area contributed by atoms with Crippen LogP contribution in [0.4, 0.5) is 0 Å². The van der Waals surface area contributed by atoms with Crippen LogP contribution < -0.4 is 0 Å². The molecule has 0 radical (unpaired) electrons. The van der Waals surface area contributed by atoms with E-state index in [1.54, 1.807) is 0 Å².